The van der Waals surface area contributed by atoms with Gasteiger partial charge in [-0.15, -0.1) is 6.42 Å². The van der Waals surface area contributed by atoms with Crippen LogP contribution in [0, 0.1) is 26.2 Å². The largest absolute Gasteiger partial charge is 0.355 e. The summed E-state index contributed by atoms with van der Waals surface area (Å²) in [5.74, 6) is 2.33. The normalized spacial score (nSPS) is 10.1. The minimum Gasteiger partial charge on any atom is -0.355 e. The van der Waals surface area contributed by atoms with Crippen molar-refractivity contribution in [3.63, 3.8) is 0 Å². The summed E-state index contributed by atoms with van der Waals surface area (Å²) >= 11 is 0. The van der Waals surface area contributed by atoms with Gasteiger partial charge in [-0.25, -0.2) is 4.98 Å². The highest BCUT2D eigenvalue weighted by molar-refractivity contribution is 6.07. The van der Waals surface area contributed by atoms with Crippen molar-refractivity contribution in [3.8, 4) is 12.3 Å². The molecule has 0 atom stereocenters. The predicted octanol–water partition coefficient (Wildman–Crippen LogP) is 4.04. The van der Waals surface area contributed by atoms with Gasteiger partial charge < -0.3 is 16.0 Å². The van der Waals surface area contributed by atoms with E-state index < -0.39 is 0 Å². The number of aromatic nitrogens is 1. The lowest BCUT2D eigenvalue weighted by Gasteiger charge is -2.15. The molecule has 0 saturated carbocycles. The second kappa shape index (κ2) is 8.93. The van der Waals surface area contributed by atoms with Gasteiger partial charge >= 0.3 is 0 Å². The summed E-state index contributed by atoms with van der Waals surface area (Å²) in [5, 5.41) is 8.64. The van der Waals surface area contributed by atoms with Crippen molar-refractivity contribution >= 4 is 29.0 Å². The Morgan fingerprint density at radius 3 is 2.43 bits per heavy atom. The van der Waals surface area contributed by atoms with Gasteiger partial charge in [-0.2, -0.15) is 0 Å². The zero-order valence-corrected chi connectivity index (χ0v) is 17.0. The number of benzene rings is 2. The summed E-state index contributed by atoms with van der Waals surface area (Å²) in [5.41, 5.74) is 4.50. The summed E-state index contributed by atoms with van der Waals surface area (Å²) < 4.78 is 0. The smallest absolute Gasteiger partial charge is 0.255 e. The van der Waals surface area contributed by atoms with Gasteiger partial charge in [0, 0.05) is 30.1 Å². The minimum absolute atomic E-state index is 0.300. The first kappa shape index (κ1) is 20.6. The number of nitrogens with zero attached hydrogens (tertiary/aromatic N) is 1. The summed E-state index contributed by atoms with van der Waals surface area (Å²) in [6.45, 7) is 3.84. The molecule has 1 heterocycles. The zero-order chi connectivity index (χ0) is 21.7. The lowest BCUT2D eigenvalue weighted by molar-refractivity contribution is 0.0961. The molecule has 3 aromatic rings. The van der Waals surface area contributed by atoms with Gasteiger partial charge in [-0.05, 0) is 55.3 Å². The fourth-order valence-electron chi connectivity index (χ4n) is 2.96. The lowest BCUT2D eigenvalue weighted by atomic mass is 10.1. The average Bonchev–Trinajstić information content (AvgIpc) is 2.75. The summed E-state index contributed by atoms with van der Waals surface area (Å²) in [4.78, 5) is 29.4. The van der Waals surface area contributed by atoms with E-state index in [1.165, 1.54) is 13.2 Å². The molecule has 150 valence electrons. The molecular formula is C24H22N4O2. The van der Waals surface area contributed by atoms with Crippen molar-refractivity contribution in [2.75, 3.05) is 17.7 Å². The Bertz CT molecular complexity index is 1160. The number of amides is 2. The average molecular weight is 398 g/mol. The molecular weight excluding hydrogens is 376 g/mol. The second-order valence-corrected chi connectivity index (χ2v) is 6.83. The van der Waals surface area contributed by atoms with E-state index in [0.29, 0.717) is 28.2 Å². The zero-order valence-electron chi connectivity index (χ0n) is 17.0. The van der Waals surface area contributed by atoms with Gasteiger partial charge in [0.2, 0.25) is 0 Å². The Kier molecular flexibility index (Phi) is 6.14. The number of pyridine rings is 1. The monoisotopic (exact) mass is 398 g/mol. The lowest BCUT2D eigenvalue weighted by Crippen LogP contribution is -2.20. The van der Waals surface area contributed by atoms with Gasteiger partial charge in [-0.3, -0.25) is 9.59 Å². The van der Waals surface area contributed by atoms with E-state index in [-0.39, 0.29) is 11.8 Å². The van der Waals surface area contributed by atoms with Gasteiger partial charge in [0.25, 0.3) is 11.8 Å². The number of hydrogen-bond donors (Lipinski definition) is 3. The number of carbonyl (C=O) groups is 2. The van der Waals surface area contributed by atoms with Crippen molar-refractivity contribution in [2.24, 2.45) is 0 Å². The van der Waals surface area contributed by atoms with Crippen molar-refractivity contribution in [1.29, 1.82) is 0 Å². The molecule has 0 aliphatic heterocycles. The van der Waals surface area contributed by atoms with Crippen LogP contribution in [0.15, 0.2) is 54.7 Å². The van der Waals surface area contributed by atoms with Crippen molar-refractivity contribution in [2.45, 2.75) is 13.8 Å². The standard InChI is InChI=1S/C24H22N4O2/c1-5-17-10-15(2)11-18(12-17)24(30)28-21-13-19(23(29)25-4)14-26-22(21)27-20-9-7-6-8-16(20)3/h1,6-14H,2-4H3,(H,25,29)(H,26,27)(H,28,30). The first-order valence-corrected chi connectivity index (χ1v) is 9.35. The summed E-state index contributed by atoms with van der Waals surface area (Å²) in [6.07, 6.45) is 6.94. The Labute approximate surface area is 175 Å². The maximum Gasteiger partial charge on any atom is 0.255 e. The van der Waals surface area contributed by atoms with Crippen LogP contribution in [-0.2, 0) is 0 Å². The highest BCUT2D eigenvalue weighted by Gasteiger charge is 2.15. The van der Waals surface area contributed by atoms with Crippen LogP contribution in [0.5, 0.6) is 0 Å². The van der Waals surface area contributed by atoms with Gasteiger partial charge in [0.15, 0.2) is 5.82 Å². The third-order valence-electron chi connectivity index (χ3n) is 4.53. The number of anilines is 3. The minimum atomic E-state index is -0.348. The number of terminal acetylenes is 1. The molecule has 0 fully saturated rings. The molecule has 3 N–H and O–H groups in total. The van der Waals surface area contributed by atoms with Gasteiger partial charge in [0.1, 0.15) is 0 Å². The Morgan fingerprint density at radius 2 is 1.73 bits per heavy atom. The van der Waals surface area contributed by atoms with Crippen molar-refractivity contribution in [3.05, 3.63) is 82.5 Å². The maximum atomic E-state index is 12.9. The van der Waals surface area contributed by atoms with E-state index in [2.05, 4.69) is 26.9 Å². The van der Waals surface area contributed by atoms with Crippen LogP contribution in [0.1, 0.15) is 37.4 Å². The Hall–Kier alpha value is -4.11. The molecule has 0 unspecified atom stereocenters. The van der Waals surface area contributed by atoms with Gasteiger partial charge in [-0.1, -0.05) is 24.1 Å². The quantitative estimate of drug-likeness (QED) is 0.567. The Balaban J connectivity index is 1.99. The van der Waals surface area contributed by atoms with E-state index in [9.17, 15) is 9.59 Å². The first-order chi connectivity index (χ1) is 14.4. The van der Waals surface area contributed by atoms with Gasteiger partial charge in [0.05, 0.1) is 11.3 Å². The highest BCUT2D eigenvalue weighted by Crippen LogP contribution is 2.27. The number of aryl methyl sites for hydroxylation is 2. The van der Waals surface area contributed by atoms with Crippen molar-refractivity contribution in [1.82, 2.24) is 10.3 Å². The molecule has 0 bridgehead atoms. The van der Waals surface area contributed by atoms with Crippen LogP contribution in [0.25, 0.3) is 0 Å². The fraction of sp³-hybridized carbons (Fsp3) is 0.125. The van der Waals surface area contributed by atoms with Crippen LogP contribution in [0.3, 0.4) is 0 Å². The molecule has 2 amide bonds. The topological polar surface area (TPSA) is 83.1 Å². The molecule has 0 radical (unpaired) electrons. The van der Waals surface area contributed by atoms with E-state index in [1.807, 2.05) is 44.2 Å². The molecule has 0 aliphatic carbocycles. The molecule has 6 nitrogen and oxygen atoms in total. The van der Waals surface area contributed by atoms with E-state index in [4.69, 9.17) is 6.42 Å². The summed E-state index contributed by atoms with van der Waals surface area (Å²) in [7, 11) is 1.54. The molecule has 0 saturated heterocycles. The van der Waals surface area contributed by atoms with E-state index in [1.54, 1.807) is 18.2 Å². The highest BCUT2D eigenvalue weighted by atomic mass is 16.2. The molecule has 0 aliphatic rings. The number of rotatable bonds is 5. The van der Waals surface area contributed by atoms with Crippen LogP contribution in [-0.4, -0.2) is 23.8 Å². The fourth-order valence-corrected chi connectivity index (χ4v) is 2.96. The number of hydrogen-bond acceptors (Lipinski definition) is 4. The summed E-state index contributed by atoms with van der Waals surface area (Å²) in [6, 6.07) is 14.5. The van der Waals surface area contributed by atoms with Crippen LogP contribution < -0.4 is 16.0 Å². The molecule has 0 spiro atoms. The van der Waals surface area contributed by atoms with Crippen LogP contribution in [0.2, 0.25) is 0 Å². The van der Waals surface area contributed by atoms with Crippen molar-refractivity contribution < 1.29 is 9.59 Å². The number of carbonyl (C=O) groups excluding carboxylic acids is 2. The van der Waals surface area contributed by atoms with Crippen LogP contribution in [0.4, 0.5) is 17.2 Å². The third-order valence-corrected chi connectivity index (χ3v) is 4.53. The second-order valence-electron chi connectivity index (χ2n) is 6.83. The SMILES string of the molecule is C#Cc1cc(C)cc(C(=O)Nc2cc(C(=O)NC)cnc2Nc2ccccc2C)c1. The molecule has 30 heavy (non-hydrogen) atoms. The number of nitrogens with one attached hydrogen (secondary N) is 3. The van der Waals surface area contributed by atoms with E-state index >= 15 is 0 Å². The predicted molar refractivity (Wildman–Crippen MR) is 119 cm³/mol. The van der Waals surface area contributed by atoms with Crippen LogP contribution >= 0.6 is 0 Å². The third kappa shape index (κ3) is 4.65. The first-order valence-electron chi connectivity index (χ1n) is 9.35. The maximum absolute atomic E-state index is 12.9. The van der Waals surface area contributed by atoms with E-state index in [0.717, 1.165) is 16.8 Å². The molecule has 2 aromatic carbocycles. The molecule has 6 heteroatoms. The molecule has 1 aromatic heterocycles. The Morgan fingerprint density at radius 1 is 0.967 bits per heavy atom. The molecule has 3 rings (SSSR count). The number of para-hydroxylation sites is 1.